The molecule has 0 spiro atoms. The van der Waals surface area contributed by atoms with E-state index in [1.54, 1.807) is 5.57 Å². The molecule has 1 aliphatic carbocycles. The van der Waals surface area contributed by atoms with Gasteiger partial charge in [0.05, 0.1) is 0 Å². The van der Waals surface area contributed by atoms with E-state index in [9.17, 15) is 4.79 Å². The van der Waals surface area contributed by atoms with Gasteiger partial charge in [-0.25, -0.2) is 0 Å². The molecule has 1 heteroatoms. The third-order valence-corrected chi connectivity index (χ3v) is 3.25. The van der Waals surface area contributed by atoms with E-state index < -0.39 is 0 Å². The first-order chi connectivity index (χ1) is 7.26. The highest BCUT2D eigenvalue weighted by atomic mass is 16.1. The third kappa shape index (κ3) is 4.46. The van der Waals surface area contributed by atoms with E-state index in [0.717, 1.165) is 38.4 Å². The summed E-state index contributed by atoms with van der Waals surface area (Å²) in [5.41, 5.74) is 3.03. The van der Waals surface area contributed by atoms with Gasteiger partial charge in [-0.15, -0.1) is 0 Å². The molecule has 0 fully saturated rings. The number of aldehydes is 1. The van der Waals surface area contributed by atoms with Crippen LogP contribution in [0.3, 0.4) is 0 Å². The van der Waals surface area contributed by atoms with Gasteiger partial charge in [0.1, 0.15) is 6.29 Å². The Morgan fingerprint density at radius 2 is 2.40 bits per heavy atom. The van der Waals surface area contributed by atoms with Crippen molar-refractivity contribution in [2.45, 2.75) is 52.4 Å². The second-order valence-corrected chi connectivity index (χ2v) is 4.48. The fraction of sp³-hybridized carbons (Fsp3) is 0.643. The SMILES string of the molecule is CCC(C)=CCCC1=CCC(C=O)CC1. The molecule has 84 valence electrons. The van der Waals surface area contributed by atoms with Crippen molar-refractivity contribution >= 4 is 6.29 Å². The van der Waals surface area contributed by atoms with Gasteiger partial charge in [-0.1, -0.05) is 30.2 Å². The van der Waals surface area contributed by atoms with Crippen LogP contribution in [-0.2, 0) is 4.79 Å². The average Bonchev–Trinajstić information content (AvgIpc) is 2.29. The van der Waals surface area contributed by atoms with Crippen molar-refractivity contribution in [3.8, 4) is 0 Å². The van der Waals surface area contributed by atoms with Gasteiger partial charge < -0.3 is 4.79 Å². The molecule has 0 heterocycles. The average molecular weight is 206 g/mol. The fourth-order valence-electron chi connectivity index (χ4n) is 1.91. The van der Waals surface area contributed by atoms with Gasteiger partial charge in [0.25, 0.3) is 0 Å². The van der Waals surface area contributed by atoms with E-state index in [4.69, 9.17) is 0 Å². The molecule has 1 nitrogen and oxygen atoms in total. The Bertz CT molecular complexity index is 261. The maximum absolute atomic E-state index is 10.6. The van der Waals surface area contributed by atoms with Crippen molar-refractivity contribution in [3.05, 3.63) is 23.3 Å². The van der Waals surface area contributed by atoms with E-state index in [0.29, 0.717) is 5.92 Å². The number of hydrogen-bond acceptors (Lipinski definition) is 1. The summed E-state index contributed by atoms with van der Waals surface area (Å²) in [6.07, 6.45) is 12.4. The molecular weight excluding hydrogens is 184 g/mol. The monoisotopic (exact) mass is 206 g/mol. The Morgan fingerprint density at radius 3 is 2.93 bits per heavy atom. The maximum Gasteiger partial charge on any atom is 0.123 e. The Balaban J connectivity index is 2.29. The molecule has 0 saturated heterocycles. The van der Waals surface area contributed by atoms with Crippen LogP contribution in [0.5, 0.6) is 0 Å². The highest BCUT2D eigenvalue weighted by Gasteiger charge is 2.12. The van der Waals surface area contributed by atoms with Crippen molar-refractivity contribution in [1.82, 2.24) is 0 Å². The number of carbonyl (C=O) groups is 1. The van der Waals surface area contributed by atoms with E-state index in [-0.39, 0.29) is 0 Å². The Labute approximate surface area is 93.3 Å². The van der Waals surface area contributed by atoms with Crippen molar-refractivity contribution in [1.29, 1.82) is 0 Å². The van der Waals surface area contributed by atoms with Crippen molar-refractivity contribution in [3.63, 3.8) is 0 Å². The van der Waals surface area contributed by atoms with Crippen LogP contribution in [0.15, 0.2) is 23.3 Å². The minimum absolute atomic E-state index is 0.293. The molecule has 1 unspecified atom stereocenters. The zero-order chi connectivity index (χ0) is 11.1. The molecule has 1 atom stereocenters. The Hall–Kier alpha value is -0.850. The topological polar surface area (TPSA) is 17.1 Å². The normalized spacial score (nSPS) is 22.4. The summed E-state index contributed by atoms with van der Waals surface area (Å²) < 4.78 is 0. The Kier molecular flexibility index (Phi) is 5.38. The van der Waals surface area contributed by atoms with Crippen LogP contribution < -0.4 is 0 Å². The van der Waals surface area contributed by atoms with Crippen LogP contribution >= 0.6 is 0 Å². The summed E-state index contributed by atoms with van der Waals surface area (Å²) in [5, 5.41) is 0. The molecule has 0 saturated carbocycles. The van der Waals surface area contributed by atoms with Gasteiger partial charge in [-0.3, -0.25) is 0 Å². The van der Waals surface area contributed by atoms with Crippen molar-refractivity contribution < 1.29 is 4.79 Å². The van der Waals surface area contributed by atoms with Crippen LogP contribution in [0, 0.1) is 5.92 Å². The second-order valence-electron chi connectivity index (χ2n) is 4.48. The van der Waals surface area contributed by atoms with Gasteiger partial charge in [0.2, 0.25) is 0 Å². The first-order valence-corrected chi connectivity index (χ1v) is 6.05. The van der Waals surface area contributed by atoms with E-state index in [2.05, 4.69) is 26.0 Å². The van der Waals surface area contributed by atoms with Gasteiger partial charge in [-0.2, -0.15) is 0 Å². The van der Waals surface area contributed by atoms with Crippen LogP contribution in [-0.4, -0.2) is 6.29 Å². The predicted octanol–water partition coefficient (Wildman–Crippen LogP) is 4.05. The number of carbonyl (C=O) groups excluding carboxylic acids is 1. The predicted molar refractivity (Wildman–Crippen MR) is 64.8 cm³/mol. The molecule has 15 heavy (non-hydrogen) atoms. The summed E-state index contributed by atoms with van der Waals surface area (Å²) >= 11 is 0. The smallest absolute Gasteiger partial charge is 0.123 e. The third-order valence-electron chi connectivity index (χ3n) is 3.25. The van der Waals surface area contributed by atoms with Crippen LogP contribution in [0.25, 0.3) is 0 Å². The van der Waals surface area contributed by atoms with Gasteiger partial charge in [-0.05, 0) is 45.4 Å². The van der Waals surface area contributed by atoms with Crippen LogP contribution in [0.4, 0.5) is 0 Å². The number of allylic oxidation sites excluding steroid dienone is 4. The molecule has 0 aromatic carbocycles. The quantitative estimate of drug-likeness (QED) is 0.490. The highest BCUT2D eigenvalue weighted by Crippen LogP contribution is 2.25. The summed E-state index contributed by atoms with van der Waals surface area (Å²) in [4.78, 5) is 10.6. The van der Waals surface area contributed by atoms with Gasteiger partial charge in [0, 0.05) is 5.92 Å². The van der Waals surface area contributed by atoms with E-state index in [1.807, 2.05) is 0 Å². The largest absolute Gasteiger partial charge is 0.303 e. The molecule has 0 bridgehead atoms. The van der Waals surface area contributed by atoms with E-state index in [1.165, 1.54) is 12.0 Å². The lowest BCUT2D eigenvalue weighted by Crippen LogP contribution is -2.06. The van der Waals surface area contributed by atoms with Gasteiger partial charge in [0.15, 0.2) is 0 Å². The number of hydrogen-bond donors (Lipinski definition) is 0. The van der Waals surface area contributed by atoms with E-state index >= 15 is 0 Å². The minimum Gasteiger partial charge on any atom is -0.303 e. The molecule has 0 aromatic heterocycles. The van der Waals surface area contributed by atoms with Gasteiger partial charge >= 0.3 is 0 Å². The molecule has 0 N–H and O–H groups in total. The zero-order valence-corrected chi connectivity index (χ0v) is 9.96. The van der Waals surface area contributed by atoms with Crippen LogP contribution in [0.2, 0.25) is 0 Å². The second kappa shape index (κ2) is 6.60. The zero-order valence-electron chi connectivity index (χ0n) is 9.96. The minimum atomic E-state index is 0.293. The first-order valence-electron chi connectivity index (χ1n) is 6.05. The molecule has 0 radical (unpaired) electrons. The standard InChI is InChI=1S/C14H22O/c1-3-12(2)5-4-6-13-7-9-14(11-15)10-8-13/h5,7,11,14H,3-4,6,8-10H2,1-2H3. The van der Waals surface area contributed by atoms with Crippen LogP contribution in [0.1, 0.15) is 52.4 Å². The first kappa shape index (κ1) is 12.2. The molecule has 0 amide bonds. The number of rotatable bonds is 5. The summed E-state index contributed by atoms with van der Waals surface area (Å²) in [7, 11) is 0. The molecule has 1 rings (SSSR count). The highest BCUT2D eigenvalue weighted by molar-refractivity contribution is 5.54. The molecule has 0 aromatic rings. The van der Waals surface area contributed by atoms with Crippen molar-refractivity contribution in [2.24, 2.45) is 5.92 Å². The molecular formula is C14H22O. The lowest BCUT2D eigenvalue weighted by atomic mass is 9.88. The molecule has 0 aliphatic heterocycles. The summed E-state index contributed by atoms with van der Waals surface area (Å²) in [6.45, 7) is 4.39. The lowest BCUT2D eigenvalue weighted by molar-refractivity contribution is -0.111. The lowest BCUT2D eigenvalue weighted by Gasteiger charge is -2.16. The fourth-order valence-corrected chi connectivity index (χ4v) is 1.91. The maximum atomic E-state index is 10.6. The molecule has 1 aliphatic rings. The Morgan fingerprint density at radius 1 is 1.60 bits per heavy atom. The van der Waals surface area contributed by atoms with Crippen molar-refractivity contribution in [2.75, 3.05) is 0 Å². The summed E-state index contributed by atoms with van der Waals surface area (Å²) in [6, 6.07) is 0. The summed E-state index contributed by atoms with van der Waals surface area (Å²) in [5.74, 6) is 0.293.